The maximum absolute atomic E-state index is 11.8. The van der Waals surface area contributed by atoms with E-state index in [4.69, 9.17) is 29.6 Å². The quantitative estimate of drug-likeness (QED) is 0.468. The van der Waals surface area contributed by atoms with Crippen LogP contribution in [0.5, 0.6) is 0 Å². The third-order valence-corrected chi connectivity index (χ3v) is 3.44. The molecule has 0 heterocycles. The van der Waals surface area contributed by atoms with Crippen LogP contribution >= 0.6 is 46.4 Å². The maximum Gasteiger partial charge on any atom is 0.252 e. The number of amides is 1. The molecular formula is C11H12ClIN2OS. The topological polar surface area (TPSA) is 55.1 Å². The van der Waals surface area contributed by atoms with E-state index in [9.17, 15) is 4.79 Å². The van der Waals surface area contributed by atoms with E-state index in [1.165, 1.54) is 0 Å². The molecule has 17 heavy (non-hydrogen) atoms. The van der Waals surface area contributed by atoms with E-state index in [1.807, 2.05) is 6.07 Å². The van der Waals surface area contributed by atoms with Gasteiger partial charge in [-0.3, -0.25) is 4.79 Å². The smallest absolute Gasteiger partial charge is 0.252 e. The molecule has 0 spiro atoms. The maximum atomic E-state index is 11.8. The minimum Gasteiger partial charge on any atom is -0.393 e. The van der Waals surface area contributed by atoms with E-state index in [-0.39, 0.29) is 5.91 Å². The van der Waals surface area contributed by atoms with Gasteiger partial charge in [0.2, 0.25) is 0 Å². The minimum absolute atomic E-state index is 0.125. The molecular weight excluding hydrogens is 371 g/mol. The summed E-state index contributed by atoms with van der Waals surface area (Å²) in [6, 6.07) is 5.23. The first kappa shape index (κ1) is 14.7. The highest BCUT2D eigenvalue weighted by molar-refractivity contribution is 14.1. The van der Waals surface area contributed by atoms with Gasteiger partial charge < -0.3 is 11.1 Å². The first-order valence-corrected chi connectivity index (χ1v) is 6.88. The molecule has 6 heteroatoms. The Bertz CT molecular complexity index is 439. The van der Waals surface area contributed by atoms with Crippen molar-refractivity contribution >= 4 is 57.3 Å². The molecule has 0 aliphatic rings. The standard InChI is InChI=1S/C11H12ClIN2OS/c12-7-3-4-9(13)8(6-7)11(16)15-5-1-2-10(14)17/h3-4,6H,1-2,5H2,(H2,14,17)(H,15,16). The van der Waals surface area contributed by atoms with Gasteiger partial charge in [0.25, 0.3) is 5.91 Å². The van der Waals surface area contributed by atoms with Gasteiger partial charge >= 0.3 is 0 Å². The van der Waals surface area contributed by atoms with Crippen LogP contribution in [0.3, 0.4) is 0 Å². The molecule has 1 amide bonds. The van der Waals surface area contributed by atoms with Crippen LogP contribution in [-0.2, 0) is 0 Å². The van der Waals surface area contributed by atoms with Crippen LogP contribution < -0.4 is 11.1 Å². The van der Waals surface area contributed by atoms with Crippen LogP contribution in [0.4, 0.5) is 0 Å². The molecule has 0 unspecified atom stereocenters. The summed E-state index contributed by atoms with van der Waals surface area (Å²) >= 11 is 12.7. The van der Waals surface area contributed by atoms with Crippen molar-refractivity contribution in [2.24, 2.45) is 5.73 Å². The van der Waals surface area contributed by atoms with Crippen LogP contribution in [0, 0.1) is 3.57 Å². The normalized spacial score (nSPS) is 10.0. The second-order valence-electron chi connectivity index (χ2n) is 3.45. The van der Waals surface area contributed by atoms with Crippen molar-refractivity contribution in [3.8, 4) is 0 Å². The van der Waals surface area contributed by atoms with E-state index in [0.717, 1.165) is 9.99 Å². The fourth-order valence-electron chi connectivity index (χ4n) is 1.23. The lowest BCUT2D eigenvalue weighted by molar-refractivity contribution is 0.0952. The Hall–Kier alpha value is -0.400. The lowest BCUT2D eigenvalue weighted by atomic mass is 10.2. The number of carbonyl (C=O) groups is 1. The first-order valence-electron chi connectivity index (χ1n) is 5.02. The number of thiocarbonyl (C=S) groups is 1. The van der Waals surface area contributed by atoms with Gasteiger partial charge in [0, 0.05) is 15.1 Å². The zero-order valence-electron chi connectivity index (χ0n) is 9.00. The summed E-state index contributed by atoms with van der Waals surface area (Å²) in [7, 11) is 0. The van der Waals surface area contributed by atoms with Crippen molar-refractivity contribution < 1.29 is 4.79 Å². The van der Waals surface area contributed by atoms with E-state index >= 15 is 0 Å². The molecule has 0 bridgehead atoms. The van der Waals surface area contributed by atoms with Crippen LogP contribution in [0.1, 0.15) is 23.2 Å². The Labute approximate surface area is 124 Å². The monoisotopic (exact) mass is 382 g/mol. The molecule has 1 aromatic rings. The molecule has 0 atom stereocenters. The highest BCUT2D eigenvalue weighted by Gasteiger charge is 2.09. The summed E-state index contributed by atoms with van der Waals surface area (Å²) in [4.78, 5) is 12.3. The van der Waals surface area contributed by atoms with Gasteiger partial charge in [0.1, 0.15) is 0 Å². The average molecular weight is 383 g/mol. The second-order valence-corrected chi connectivity index (χ2v) is 5.57. The lowest BCUT2D eigenvalue weighted by Gasteiger charge is -2.07. The Morgan fingerprint density at radius 2 is 2.24 bits per heavy atom. The third-order valence-electron chi connectivity index (χ3n) is 2.06. The molecule has 0 fully saturated rings. The fraction of sp³-hybridized carbons (Fsp3) is 0.273. The van der Waals surface area contributed by atoms with E-state index in [0.29, 0.717) is 28.5 Å². The fourth-order valence-corrected chi connectivity index (χ4v) is 2.13. The van der Waals surface area contributed by atoms with Gasteiger partial charge in [-0.15, -0.1) is 0 Å². The molecule has 0 aliphatic heterocycles. The summed E-state index contributed by atoms with van der Waals surface area (Å²) in [5.41, 5.74) is 5.96. The Morgan fingerprint density at radius 3 is 2.88 bits per heavy atom. The van der Waals surface area contributed by atoms with Crippen molar-refractivity contribution in [2.45, 2.75) is 12.8 Å². The second kappa shape index (κ2) is 7.13. The highest BCUT2D eigenvalue weighted by atomic mass is 127. The number of nitrogens with two attached hydrogens (primary N) is 1. The van der Waals surface area contributed by atoms with Crippen LogP contribution in [-0.4, -0.2) is 17.4 Å². The van der Waals surface area contributed by atoms with Crippen LogP contribution in [0.15, 0.2) is 18.2 Å². The number of hydrogen-bond acceptors (Lipinski definition) is 2. The SMILES string of the molecule is NC(=S)CCCNC(=O)c1cc(Cl)ccc1I. The summed E-state index contributed by atoms with van der Waals surface area (Å²) < 4.78 is 0.874. The predicted octanol–water partition coefficient (Wildman–Crippen LogP) is 2.74. The number of rotatable bonds is 5. The first-order chi connectivity index (χ1) is 8.00. The number of nitrogens with one attached hydrogen (secondary N) is 1. The highest BCUT2D eigenvalue weighted by Crippen LogP contribution is 2.17. The Kier molecular flexibility index (Phi) is 6.15. The molecule has 3 nitrogen and oxygen atoms in total. The van der Waals surface area contributed by atoms with Gasteiger partial charge in [-0.25, -0.2) is 0 Å². The number of benzene rings is 1. The average Bonchev–Trinajstić information content (AvgIpc) is 2.27. The van der Waals surface area contributed by atoms with E-state index in [2.05, 4.69) is 27.9 Å². The number of hydrogen-bond donors (Lipinski definition) is 2. The summed E-state index contributed by atoms with van der Waals surface area (Å²) in [5.74, 6) is -0.125. The van der Waals surface area contributed by atoms with E-state index < -0.39 is 0 Å². The van der Waals surface area contributed by atoms with Gasteiger partial charge in [0.15, 0.2) is 0 Å². The number of carbonyl (C=O) groups excluding carboxylic acids is 1. The molecule has 3 N–H and O–H groups in total. The summed E-state index contributed by atoms with van der Waals surface area (Å²) in [5, 5.41) is 3.36. The third kappa shape index (κ3) is 5.18. The van der Waals surface area contributed by atoms with Gasteiger partial charge in [-0.2, -0.15) is 0 Å². The molecule has 92 valence electrons. The predicted molar refractivity (Wildman–Crippen MR) is 82.5 cm³/mol. The van der Waals surface area contributed by atoms with Crippen molar-refractivity contribution in [3.05, 3.63) is 32.4 Å². The molecule has 0 saturated carbocycles. The van der Waals surface area contributed by atoms with Gasteiger partial charge in [-0.1, -0.05) is 23.8 Å². The lowest BCUT2D eigenvalue weighted by Crippen LogP contribution is -2.26. The minimum atomic E-state index is -0.125. The van der Waals surface area contributed by atoms with Gasteiger partial charge in [-0.05, 0) is 53.6 Å². The van der Waals surface area contributed by atoms with Crippen LogP contribution in [0.25, 0.3) is 0 Å². The molecule has 0 aromatic heterocycles. The van der Waals surface area contributed by atoms with Gasteiger partial charge in [0.05, 0.1) is 10.6 Å². The van der Waals surface area contributed by atoms with Crippen molar-refractivity contribution in [1.82, 2.24) is 5.32 Å². The van der Waals surface area contributed by atoms with Crippen molar-refractivity contribution in [1.29, 1.82) is 0 Å². The zero-order valence-corrected chi connectivity index (χ0v) is 12.7. The van der Waals surface area contributed by atoms with E-state index in [1.54, 1.807) is 12.1 Å². The largest absolute Gasteiger partial charge is 0.393 e. The molecule has 1 aromatic carbocycles. The van der Waals surface area contributed by atoms with Crippen molar-refractivity contribution in [2.75, 3.05) is 6.54 Å². The molecule has 0 saturated heterocycles. The summed E-state index contributed by atoms with van der Waals surface area (Å²) in [6.07, 6.45) is 1.39. The Balaban J connectivity index is 2.52. The number of halogens is 2. The molecule has 0 radical (unpaired) electrons. The van der Waals surface area contributed by atoms with Crippen LogP contribution in [0.2, 0.25) is 5.02 Å². The van der Waals surface area contributed by atoms with Crippen molar-refractivity contribution in [3.63, 3.8) is 0 Å². The summed E-state index contributed by atoms with van der Waals surface area (Å²) in [6.45, 7) is 0.554. The molecule has 1 rings (SSSR count). The zero-order chi connectivity index (χ0) is 12.8. The Morgan fingerprint density at radius 1 is 1.53 bits per heavy atom. The molecule has 0 aliphatic carbocycles.